The molecule has 0 bridgehead atoms. The van der Waals surface area contributed by atoms with Gasteiger partial charge in [0.05, 0.1) is 11.9 Å². The van der Waals surface area contributed by atoms with E-state index in [-0.39, 0.29) is 5.69 Å². The molecule has 2 rings (SSSR count). The molecule has 0 aliphatic carbocycles. The standard InChI is InChI=1S/C7H7N5O/c8-5-1-2-6(9-3-5)12-4-10-11-7(12)13/h1-4H,8H2,(H,11,13). The molecule has 0 spiro atoms. The van der Waals surface area contributed by atoms with E-state index in [1.807, 2.05) is 0 Å². The first kappa shape index (κ1) is 7.53. The minimum absolute atomic E-state index is 0.322. The van der Waals surface area contributed by atoms with Crippen LogP contribution in [-0.2, 0) is 0 Å². The number of anilines is 1. The topological polar surface area (TPSA) is 89.6 Å². The molecule has 0 amide bonds. The first-order valence-corrected chi connectivity index (χ1v) is 3.61. The summed E-state index contributed by atoms with van der Waals surface area (Å²) in [6, 6.07) is 3.31. The molecule has 6 nitrogen and oxygen atoms in total. The molecule has 13 heavy (non-hydrogen) atoms. The molecule has 2 aromatic rings. The normalized spacial score (nSPS) is 10.2. The number of nitrogen functional groups attached to an aromatic ring is 1. The fourth-order valence-electron chi connectivity index (χ4n) is 0.951. The molecular weight excluding hydrogens is 170 g/mol. The van der Waals surface area contributed by atoms with Gasteiger partial charge >= 0.3 is 5.69 Å². The Morgan fingerprint density at radius 3 is 2.85 bits per heavy atom. The Hall–Kier alpha value is -2.11. The molecule has 0 saturated carbocycles. The zero-order valence-corrected chi connectivity index (χ0v) is 6.64. The van der Waals surface area contributed by atoms with E-state index in [9.17, 15) is 4.79 Å². The number of pyridine rings is 1. The summed E-state index contributed by atoms with van der Waals surface area (Å²) in [4.78, 5) is 15.0. The number of aromatic nitrogens is 4. The molecule has 0 atom stereocenters. The minimum Gasteiger partial charge on any atom is -0.397 e. The SMILES string of the molecule is Nc1ccc(-n2cn[nH]c2=O)nc1. The van der Waals surface area contributed by atoms with Crippen molar-refractivity contribution in [1.82, 2.24) is 19.7 Å². The van der Waals surface area contributed by atoms with Crippen molar-refractivity contribution >= 4 is 5.69 Å². The molecule has 0 saturated heterocycles. The summed E-state index contributed by atoms with van der Waals surface area (Å²) in [5.74, 6) is 0.493. The van der Waals surface area contributed by atoms with Crippen molar-refractivity contribution in [3.05, 3.63) is 35.1 Å². The van der Waals surface area contributed by atoms with Crippen molar-refractivity contribution in [3.63, 3.8) is 0 Å². The number of nitrogens with zero attached hydrogens (tertiary/aromatic N) is 3. The zero-order valence-electron chi connectivity index (χ0n) is 6.64. The Morgan fingerprint density at radius 2 is 2.31 bits per heavy atom. The predicted molar refractivity (Wildman–Crippen MR) is 46.4 cm³/mol. The number of rotatable bonds is 1. The van der Waals surface area contributed by atoms with Crippen molar-refractivity contribution in [2.45, 2.75) is 0 Å². The Kier molecular flexibility index (Phi) is 1.59. The van der Waals surface area contributed by atoms with Gasteiger partial charge in [0, 0.05) is 0 Å². The van der Waals surface area contributed by atoms with Gasteiger partial charge in [0.2, 0.25) is 0 Å². The maximum atomic E-state index is 11.1. The van der Waals surface area contributed by atoms with Gasteiger partial charge in [-0.3, -0.25) is 0 Å². The summed E-state index contributed by atoms with van der Waals surface area (Å²) in [7, 11) is 0. The minimum atomic E-state index is -0.322. The lowest BCUT2D eigenvalue weighted by Crippen LogP contribution is -2.15. The van der Waals surface area contributed by atoms with Crippen LogP contribution in [0.25, 0.3) is 5.82 Å². The van der Waals surface area contributed by atoms with E-state index >= 15 is 0 Å². The van der Waals surface area contributed by atoms with Gasteiger partial charge in [-0.2, -0.15) is 5.10 Å². The summed E-state index contributed by atoms with van der Waals surface area (Å²) in [6.45, 7) is 0. The van der Waals surface area contributed by atoms with Crippen molar-refractivity contribution in [1.29, 1.82) is 0 Å². The third-order valence-corrected chi connectivity index (χ3v) is 1.57. The Labute approximate surface area is 73.0 Å². The second-order valence-corrected chi connectivity index (χ2v) is 2.48. The van der Waals surface area contributed by atoms with Crippen LogP contribution in [0.15, 0.2) is 29.5 Å². The van der Waals surface area contributed by atoms with Gasteiger partial charge in [-0.05, 0) is 12.1 Å². The predicted octanol–water partition coefficient (Wildman–Crippen LogP) is -0.462. The molecule has 0 fully saturated rings. The van der Waals surface area contributed by atoms with Crippen LogP contribution in [0.5, 0.6) is 0 Å². The average Bonchev–Trinajstić information content (AvgIpc) is 2.53. The first-order chi connectivity index (χ1) is 6.27. The molecule has 0 radical (unpaired) electrons. The summed E-state index contributed by atoms with van der Waals surface area (Å²) < 4.78 is 1.29. The van der Waals surface area contributed by atoms with E-state index in [0.717, 1.165) is 0 Å². The number of hydrogen-bond donors (Lipinski definition) is 2. The van der Waals surface area contributed by atoms with E-state index in [2.05, 4.69) is 15.2 Å². The van der Waals surface area contributed by atoms with Crippen molar-refractivity contribution in [2.75, 3.05) is 5.73 Å². The average molecular weight is 177 g/mol. The Bertz CT molecular complexity index is 454. The van der Waals surface area contributed by atoms with Gasteiger partial charge in [0.25, 0.3) is 0 Å². The highest BCUT2D eigenvalue weighted by molar-refractivity contribution is 5.38. The summed E-state index contributed by atoms with van der Waals surface area (Å²) in [5, 5.41) is 5.84. The number of aromatic amines is 1. The molecule has 66 valence electrons. The molecule has 0 aliphatic heterocycles. The van der Waals surface area contributed by atoms with E-state index < -0.39 is 0 Å². The lowest BCUT2D eigenvalue weighted by Gasteiger charge is -1.97. The molecule has 0 unspecified atom stereocenters. The van der Waals surface area contributed by atoms with E-state index in [1.54, 1.807) is 12.1 Å². The van der Waals surface area contributed by atoms with Crippen LogP contribution in [0.3, 0.4) is 0 Å². The van der Waals surface area contributed by atoms with Crippen molar-refractivity contribution in [3.8, 4) is 5.82 Å². The highest BCUT2D eigenvalue weighted by atomic mass is 16.1. The van der Waals surface area contributed by atoms with Crippen LogP contribution in [0.4, 0.5) is 5.69 Å². The number of nitrogens with one attached hydrogen (secondary N) is 1. The molecular formula is C7H7N5O. The van der Waals surface area contributed by atoms with Crippen LogP contribution in [0.1, 0.15) is 0 Å². The monoisotopic (exact) mass is 177 g/mol. The molecule has 2 heterocycles. The van der Waals surface area contributed by atoms with Crippen LogP contribution in [-0.4, -0.2) is 19.7 Å². The molecule has 2 aromatic heterocycles. The van der Waals surface area contributed by atoms with Gasteiger partial charge in [-0.25, -0.2) is 19.4 Å². The highest BCUT2D eigenvalue weighted by Gasteiger charge is 2.00. The number of hydrogen-bond acceptors (Lipinski definition) is 4. The number of H-pyrrole nitrogens is 1. The van der Waals surface area contributed by atoms with Crippen molar-refractivity contribution < 1.29 is 0 Å². The lowest BCUT2D eigenvalue weighted by molar-refractivity contribution is 0.940. The second-order valence-electron chi connectivity index (χ2n) is 2.48. The third-order valence-electron chi connectivity index (χ3n) is 1.57. The Morgan fingerprint density at radius 1 is 1.46 bits per heavy atom. The van der Waals surface area contributed by atoms with Gasteiger partial charge < -0.3 is 5.73 Å². The van der Waals surface area contributed by atoms with Gasteiger partial charge in [0.15, 0.2) is 0 Å². The Balaban J connectivity index is 2.54. The summed E-state index contributed by atoms with van der Waals surface area (Å²) in [6.07, 6.45) is 2.84. The fraction of sp³-hybridized carbons (Fsp3) is 0. The number of nitrogens with two attached hydrogens (primary N) is 1. The smallest absolute Gasteiger partial charge is 0.348 e. The van der Waals surface area contributed by atoms with Crippen LogP contribution >= 0.6 is 0 Å². The lowest BCUT2D eigenvalue weighted by atomic mass is 10.4. The third kappa shape index (κ3) is 1.28. The first-order valence-electron chi connectivity index (χ1n) is 3.61. The summed E-state index contributed by atoms with van der Waals surface area (Å²) in [5.41, 5.74) is 5.68. The molecule has 3 N–H and O–H groups in total. The zero-order chi connectivity index (χ0) is 9.26. The van der Waals surface area contributed by atoms with E-state index in [0.29, 0.717) is 11.5 Å². The quantitative estimate of drug-likeness (QED) is 0.616. The van der Waals surface area contributed by atoms with E-state index in [4.69, 9.17) is 5.73 Å². The second kappa shape index (κ2) is 2.74. The molecule has 0 aliphatic rings. The van der Waals surface area contributed by atoms with Crippen LogP contribution in [0.2, 0.25) is 0 Å². The van der Waals surface area contributed by atoms with Gasteiger partial charge in [-0.1, -0.05) is 0 Å². The van der Waals surface area contributed by atoms with Gasteiger partial charge in [0.1, 0.15) is 12.1 Å². The van der Waals surface area contributed by atoms with Crippen LogP contribution < -0.4 is 11.4 Å². The van der Waals surface area contributed by atoms with Crippen molar-refractivity contribution in [2.24, 2.45) is 0 Å². The molecule has 6 heteroatoms. The maximum Gasteiger partial charge on any atom is 0.348 e. The van der Waals surface area contributed by atoms with E-state index in [1.165, 1.54) is 17.1 Å². The van der Waals surface area contributed by atoms with Gasteiger partial charge in [-0.15, -0.1) is 0 Å². The fourth-order valence-corrected chi connectivity index (χ4v) is 0.951. The maximum absolute atomic E-state index is 11.1. The van der Waals surface area contributed by atoms with Crippen LogP contribution in [0, 0.1) is 0 Å². The largest absolute Gasteiger partial charge is 0.397 e. The summed E-state index contributed by atoms with van der Waals surface area (Å²) >= 11 is 0. The highest BCUT2D eigenvalue weighted by Crippen LogP contribution is 2.02. The molecule has 0 aromatic carbocycles.